The van der Waals surface area contributed by atoms with E-state index in [0.29, 0.717) is 0 Å². The Morgan fingerprint density at radius 1 is 0.350 bits per heavy atom. The van der Waals surface area contributed by atoms with Crippen LogP contribution in [-0.4, -0.2) is 54.4 Å². The minimum Gasteiger partial charge on any atom is -0.869 e. The molecule has 0 saturated carbocycles. The number of carbonyl (C=O) groups is 3. The van der Waals surface area contributed by atoms with E-state index < -0.39 is 89.9 Å². The van der Waals surface area contributed by atoms with Crippen molar-refractivity contribution in [3.05, 3.63) is 35.5 Å². The Balaban J connectivity index is -0.000000240. The molecule has 233 valence electrons. The molecular weight excluding hydrogens is 719 g/mol. The molecule has 0 fully saturated rings. The molecule has 0 rings (SSSR count). The second kappa shape index (κ2) is 15.1. The summed E-state index contributed by atoms with van der Waals surface area (Å²) in [4.78, 5) is 29.5. The van der Waals surface area contributed by atoms with Crippen molar-refractivity contribution in [1.29, 1.82) is 0 Å². The van der Waals surface area contributed by atoms with Gasteiger partial charge in [0.1, 0.15) is 0 Å². The molecule has 0 aliphatic carbocycles. The van der Waals surface area contributed by atoms with Gasteiger partial charge in [0.25, 0.3) is 17.3 Å². The second-order valence-corrected chi connectivity index (χ2v) is 5.61. The molecule has 0 bridgehead atoms. The van der Waals surface area contributed by atoms with Crippen molar-refractivity contribution in [1.82, 2.24) is 0 Å². The Morgan fingerprint density at radius 2 is 0.475 bits per heavy atom. The van der Waals surface area contributed by atoms with Gasteiger partial charge in [-0.2, -0.15) is 79.0 Å². The molecular formula is C15H3F18O6Ru. The maximum atomic E-state index is 11.3. The maximum Gasteiger partial charge on any atom is 3.00 e. The van der Waals surface area contributed by atoms with E-state index in [2.05, 4.69) is 0 Å². The molecule has 0 N–H and O–H groups in total. The summed E-state index contributed by atoms with van der Waals surface area (Å²) in [5.74, 6) is -16.9. The van der Waals surface area contributed by atoms with Gasteiger partial charge in [0.15, 0.2) is 0 Å². The van der Waals surface area contributed by atoms with Crippen molar-refractivity contribution in [2.75, 3.05) is 0 Å². The molecule has 0 aromatic rings. The first-order valence-corrected chi connectivity index (χ1v) is 7.86. The molecule has 0 atom stereocenters. The van der Waals surface area contributed by atoms with Crippen LogP contribution in [0.5, 0.6) is 0 Å². The van der Waals surface area contributed by atoms with Crippen LogP contribution >= 0.6 is 0 Å². The van der Waals surface area contributed by atoms with Gasteiger partial charge in [0.05, 0.1) is 0 Å². The topological polar surface area (TPSA) is 120 Å². The third-order valence-electron chi connectivity index (χ3n) is 2.46. The van der Waals surface area contributed by atoms with E-state index in [1.54, 1.807) is 0 Å². The molecule has 0 aliphatic rings. The van der Waals surface area contributed by atoms with Crippen molar-refractivity contribution in [2.24, 2.45) is 0 Å². The summed E-state index contributed by atoms with van der Waals surface area (Å²) in [6.07, 6.45) is -35.8. The summed E-state index contributed by atoms with van der Waals surface area (Å²) < 4.78 is 203. The summed E-state index contributed by atoms with van der Waals surface area (Å²) >= 11 is 0. The number of hydrogen-bond donors (Lipinski definition) is 0. The van der Waals surface area contributed by atoms with E-state index in [0.717, 1.165) is 0 Å². The molecule has 25 heteroatoms. The van der Waals surface area contributed by atoms with Crippen LogP contribution in [0.3, 0.4) is 0 Å². The van der Waals surface area contributed by atoms with E-state index in [4.69, 9.17) is 0 Å². The summed E-state index contributed by atoms with van der Waals surface area (Å²) in [6, 6.07) is 0. The van der Waals surface area contributed by atoms with Gasteiger partial charge in [0.2, 0.25) is 0 Å². The number of hydrogen-bond acceptors (Lipinski definition) is 6. The van der Waals surface area contributed by atoms with E-state index in [-0.39, 0.29) is 19.5 Å². The summed E-state index contributed by atoms with van der Waals surface area (Å²) in [5, 5.41) is 29.5. The number of allylic oxidation sites excluding steroid dienone is 6. The van der Waals surface area contributed by atoms with E-state index in [1.807, 2.05) is 0 Å². The monoisotopic (exact) mass is 723 g/mol. The third-order valence-corrected chi connectivity index (χ3v) is 2.46. The average Bonchev–Trinajstić information content (AvgIpc) is 2.64. The molecule has 0 aromatic heterocycles. The predicted molar refractivity (Wildman–Crippen MR) is 75.6 cm³/mol. The van der Waals surface area contributed by atoms with Crippen molar-refractivity contribution in [2.45, 2.75) is 37.1 Å². The molecule has 40 heavy (non-hydrogen) atoms. The third kappa shape index (κ3) is 20.0. The van der Waals surface area contributed by atoms with E-state index in [1.165, 1.54) is 0 Å². The van der Waals surface area contributed by atoms with Crippen LogP contribution in [0.2, 0.25) is 0 Å². The van der Waals surface area contributed by atoms with Gasteiger partial charge in [-0.15, -0.1) is 0 Å². The largest absolute Gasteiger partial charge is 3.00 e. The number of carbonyl (C=O) groups excluding carboxylic acids is 3. The minimum absolute atomic E-state index is 0. The molecule has 0 spiro atoms. The first-order chi connectivity index (χ1) is 16.6. The van der Waals surface area contributed by atoms with Crippen LogP contribution in [-0.2, 0) is 33.9 Å². The number of rotatable bonds is 3. The van der Waals surface area contributed by atoms with Crippen LogP contribution in [0.1, 0.15) is 0 Å². The van der Waals surface area contributed by atoms with E-state index in [9.17, 15) is 109 Å². The zero-order valence-corrected chi connectivity index (χ0v) is 19.1. The molecule has 6 nitrogen and oxygen atoms in total. The fourth-order valence-electron chi connectivity index (χ4n) is 0.848. The first-order valence-electron chi connectivity index (χ1n) is 7.86. The van der Waals surface area contributed by atoms with Crippen LogP contribution in [0.25, 0.3) is 0 Å². The zero-order valence-electron chi connectivity index (χ0n) is 17.3. The average molecular weight is 722 g/mol. The molecule has 0 aromatic carbocycles. The first kappa shape index (κ1) is 44.0. The summed E-state index contributed by atoms with van der Waals surface area (Å²) in [7, 11) is 0. The van der Waals surface area contributed by atoms with Crippen LogP contribution in [0.15, 0.2) is 35.5 Å². The van der Waals surface area contributed by atoms with Crippen molar-refractivity contribution in [3.63, 3.8) is 0 Å². The number of alkyl halides is 18. The van der Waals surface area contributed by atoms with Crippen LogP contribution in [0.4, 0.5) is 79.0 Å². The minimum atomic E-state index is -5.46. The number of halogens is 18. The molecule has 0 unspecified atom stereocenters. The molecule has 0 aliphatic heterocycles. The van der Waals surface area contributed by atoms with Crippen LogP contribution in [0, 0.1) is 0 Å². The zero-order chi connectivity index (χ0) is 32.6. The Labute approximate surface area is 219 Å². The molecule has 0 heterocycles. The van der Waals surface area contributed by atoms with Gasteiger partial charge in [-0.05, 0) is 35.5 Å². The summed E-state index contributed by atoms with van der Waals surface area (Å²) in [6.45, 7) is 0. The Morgan fingerprint density at radius 3 is 0.550 bits per heavy atom. The Bertz CT molecular complexity index is 834. The second-order valence-electron chi connectivity index (χ2n) is 5.61. The Kier molecular flexibility index (Phi) is 16.6. The van der Waals surface area contributed by atoms with Crippen molar-refractivity contribution in [3.8, 4) is 0 Å². The van der Waals surface area contributed by atoms with Gasteiger partial charge in [-0.25, -0.2) is 0 Å². The SMILES string of the molecule is O=C(C=C([O-])C(F)(F)F)C(F)(F)F.O=C(C=C([O-])C(F)(F)F)C(F)(F)F.O=C(C=C([O-])C(F)(F)F)C(F)(F)F.[Ru+3]. The van der Waals surface area contributed by atoms with Gasteiger partial charge in [0, 0.05) is 0 Å². The summed E-state index contributed by atoms with van der Waals surface area (Å²) in [5.41, 5.74) is 0. The van der Waals surface area contributed by atoms with Gasteiger partial charge in [-0.3, -0.25) is 14.4 Å². The standard InChI is InChI=1S/3C5H2F6O2.Ru/c3*6-4(7,8)2(12)1-3(13)5(9,10)11;/h3*1,12H;/q;;;+3/p-3. The Hall–Kier alpha value is -3.01. The predicted octanol–water partition coefficient (Wildman–Crippen LogP) is 2.77. The van der Waals surface area contributed by atoms with Crippen molar-refractivity contribution >= 4 is 17.3 Å². The van der Waals surface area contributed by atoms with Crippen molar-refractivity contribution < 1.29 is 128 Å². The molecule has 1 radical (unpaired) electrons. The van der Waals surface area contributed by atoms with Gasteiger partial charge in [-0.1, -0.05) is 0 Å². The smallest absolute Gasteiger partial charge is 0.869 e. The number of ketones is 3. The maximum absolute atomic E-state index is 11.3. The molecule has 0 saturated heterocycles. The molecule has 0 amide bonds. The van der Waals surface area contributed by atoms with Crippen LogP contribution < -0.4 is 15.3 Å². The normalized spacial score (nSPS) is 14.1. The quantitative estimate of drug-likeness (QED) is 0.192. The fourth-order valence-corrected chi connectivity index (χ4v) is 0.848. The van der Waals surface area contributed by atoms with Gasteiger partial charge < -0.3 is 15.3 Å². The van der Waals surface area contributed by atoms with E-state index >= 15 is 0 Å². The van der Waals surface area contributed by atoms with Gasteiger partial charge >= 0.3 is 56.5 Å². The fraction of sp³-hybridized carbons (Fsp3) is 0.400.